The van der Waals surface area contributed by atoms with Gasteiger partial charge in [-0.1, -0.05) is 46.8 Å². The van der Waals surface area contributed by atoms with E-state index >= 15 is 0 Å². The van der Waals surface area contributed by atoms with Crippen LogP contribution in [-0.4, -0.2) is 23.8 Å². The number of hydrogen-bond acceptors (Lipinski definition) is 3. The van der Waals surface area contributed by atoms with Crippen molar-refractivity contribution in [2.24, 2.45) is 5.92 Å². The van der Waals surface area contributed by atoms with Gasteiger partial charge in [0.05, 0.1) is 0 Å². The Bertz CT molecular complexity index is 895. The quantitative estimate of drug-likeness (QED) is 0.663. The number of carbonyl (C=O) groups is 3. The summed E-state index contributed by atoms with van der Waals surface area (Å²) < 4.78 is 0. The molecule has 0 bridgehead atoms. The Morgan fingerprint density at radius 3 is 1.73 bits per heavy atom. The molecule has 0 fully saturated rings. The normalized spacial score (nSPS) is 12.2. The molecule has 3 N–H and O–H groups in total. The zero-order valence-electron chi connectivity index (χ0n) is 18.5. The van der Waals surface area contributed by atoms with Crippen LogP contribution in [0.3, 0.4) is 0 Å². The molecule has 0 aromatic heterocycles. The highest BCUT2D eigenvalue weighted by molar-refractivity contribution is 6.01. The minimum atomic E-state index is -0.685. The minimum Gasteiger partial charge on any atom is -0.340 e. The molecule has 2 aromatic rings. The van der Waals surface area contributed by atoms with Crippen molar-refractivity contribution in [3.63, 3.8) is 0 Å². The Morgan fingerprint density at radius 2 is 1.30 bits per heavy atom. The number of rotatable bonds is 6. The van der Waals surface area contributed by atoms with E-state index in [0.29, 0.717) is 16.9 Å². The zero-order valence-corrected chi connectivity index (χ0v) is 18.5. The fourth-order valence-corrected chi connectivity index (χ4v) is 2.94. The van der Waals surface area contributed by atoms with Crippen molar-refractivity contribution in [3.8, 4) is 0 Å². The molecule has 0 radical (unpaired) electrons. The lowest BCUT2D eigenvalue weighted by Gasteiger charge is -2.22. The fourth-order valence-electron chi connectivity index (χ4n) is 2.94. The third-order valence-electron chi connectivity index (χ3n) is 4.72. The standard InChI is InChI=1S/C24H31N3O3/c1-15(2)21(23(30)26-20-13-11-19(12-14-20)25-16(3)28)27-22(29)17-7-9-18(10-8-17)24(4,5)6/h7-15,21H,1-6H3,(H,25,28)(H,26,30)(H,27,29)/t21-/m0/s1. The van der Waals surface area contributed by atoms with Crippen molar-refractivity contribution < 1.29 is 14.4 Å². The van der Waals surface area contributed by atoms with E-state index in [-0.39, 0.29) is 29.1 Å². The number of nitrogens with one attached hydrogen (secondary N) is 3. The molecule has 0 spiro atoms. The first-order valence-electron chi connectivity index (χ1n) is 10.1. The molecule has 0 saturated carbocycles. The van der Waals surface area contributed by atoms with Gasteiger partial charge in [0.15, 0.2) is 0 Å². The topological polar surface area (TPSA) is 87.3 Å². The summed E-state index contributed by atoms with van der Waals surface area (Å²) in [4.78, 5) is 36.6. The average Bonchev–Trinajstić information content (AvgIpc) is 2.66. The van der Waals surface area contributed by atoms with E-state index in [9.17, 15) is 14.4 Å². The molecule has 0 unspecified atom stereocenters. The first-order valence-corrected chi connectivity index (χ1v) is 10.1. The van der Waals surface area contributed by atoms with Crippen LogP contribution in [0.25, 0.3) is 0 Å². The van der Waals surface area contributed by atoms with Crippen LogP contribution in [0.5, 0.6) is 0 Å². The molecule has 0 aliphatic rings. The maximum atomic E-state index is 12.8. The van der Waals surface area contributed by atoms with E-state index in [0.717, 1.165) is 5.56 Å². The Morgan fingerprint density at radius 1 is 0.800 bits per heavy atom. The third-order valence-corrected chi connectivity index (χ3v) is 4.72. The third kappa shape index (κ3) is 6.44. The van der Waals surface area contributed by atoms with Gasteiger partial charge in [-0.15, -0.1) is 0 Å². The summed E-state index contributed by atoms with van der Waals surface area (Å²) in [5.41, 5.74) is 2.89. The van der Waals surface area contributed by atoms with Crippen molar-refractivity contribution in [1.82, 2.24) is 5.32 Å². The number of carbonyl (C=O) groups excluding carboxylic acids is 3. The van der Waals surface area contributed by atoms with Gasteiger partial charge in [-0.3, -0.25) is 14.4 Å². The highest BCUT2D eigenvalue weighted by Crippen LogP contribution is 2.22. The smallest absolute Gasteiger partial charge is 0.251 e. The molecular weight excluding hydrogens is 378 g/mol. The van der Waals surface area contributed by atoms with Gasteiger partial charge in [0.1, 0.15) is 6.04 Å². The lowest BCUT2D eigenvalue weighted by Crippen LogP contribution is -2.47. The molecule has 6 nitrogen and oxygen atoms in total. The fraction of sp³-hybridized carbons (Fsp3) is 0.375. The maximum absolute atomic E-state index is 12.8. The van der Waals surface area contributed by atoms with Gasteiger partial charge in [0.25, 0.3) is 5.91 Å². The predicted molar refractivity (Wildman–Crippen MR) is 121 cm³/mol. The van der Waals surface area contributed by atoms with Gasteiger partial charge in [-0.25, -0.2) is 0 Å². The van der Waals surface area contributed by atoms with Gasteiger partial charge in [0, 0.05) is 23.9 Å². The summed E-state index contributed by atoms with van der Waals surface area (Å²) in [6, 6.07) is 13.6. The van der Waals surface area contributed by atoms with E-state index in [1.807, 2.05) is 26.0 Å². The molecule has 30 heavy (non-hydrogen) atoms. The van der Waals surface area contributed by atoms with Crippen LogP contribution in [0.4, 0.5) is 11.4 Å². The largest absolute Gasteiger partial charge is 0.340 e. The monoisotopic (exact) mass is 409 g/mol. The number of hydrogen-bond donors (Lipinski definition) is 3. The lowest BCUT2D eigenvalue weighted by molar-refractivity contribution is -0.119. The Labute approximate surface area is 178 Å². The van der Waals surface area contributed by atoms with Crippen LogP contribution < -0.4 is 16.0 Å². The summed E-state index contributed by atoms with van der Waals surface area (Å²) in [5, 5.41) is 8.34. The lowest BCUT2D eigenvalue weighted by atomic mass is 9.86. The second-order valence-electron chi connectivity index (χ2n) is 8.77. The Kier molecular flexibility index (Phi) is 7.38. The SMILES string of the molecule is CC(=O)Nc1ccc(NC(=O)[C@@H](NC(=O)c2ccc(C(C)(C)C)cc2)C(C)C)cc1. The van der Waals surface area contributed by atoms with Crippen molar-refractivity contribution in [3.05, 3.63) is 59.7 Å². The second kappa shape index (κ2) is 9.57. The zero-order chi connectivity index (χ0) is 22.5. The van der Waals surface area contributed by atoms with Crippen LogP contribution in [-0.2, 0) is 15.0 Å². The van der Waals surface area contributed by atoms with Crippen LogP contribution in [0.2, 0.25) is 0 Å². The second-order valence-corrected chi connectivity index (χ2v) is 8.77. The van der Waals surface area contributed by atoms with Crippen LogP contribution in [0, 0.1) is 5.92 Å². The van der Waals surface area contributed by atoms with Crippen molar-refractivity contribution in [1.29, 1.82) is 0 Å². The molecule has 160 valence electrons. The summed E-state index contributed by atoms with van der Waals surface area (Å²) in [6.07, 6.45) is 0. The Hall–Kier alpha value is -3.15. The highest BCUT2D eigenvalue weighted by atomic mass is 16.2. The molecule has 3 amide bonds. The van der Waals surface area contributed by atoms with Gasteiger partial charge in [-0.05, 0) is 53.3 Å². The van der Waals surface area contributed by atoms with E-state index in [1.165, 1.54) is 6.92 Å². The molecular formula is C24H31N3O3. The molecule has 0 heterocycles. The van der Waals surface area contributed by atoms with Crippen LogP contribution in [0.15, 0.2) is 48.5 Å². The van der Waals surface area contributed by atoms with Crippen molar-refractivity contribution in [2.75, 3.05) is 10.6 Å². The molecule has 6 heteroatoms. The van der Waals surface area contributed by atoms with E-state index in [4.69, 9.17) is 0 Å². The molecule has 2 rings (SSSR count). The molecule has 0 aliphatic heterocycles. The molecule has 0 aliphatic carbocycles. The Balaban J connectivity index is 2.06. The van der Waals surface area contributed by atoms with E-state index in [2.05, 4.69) is 36.7 Å². The number of anilines is 2. The molecule has 0 saturated heterocycles. The number of amides is 3. The predicted octanol–water partition coefficient (Wildman–Crippen LogP) is 4.34. The van der Waals surface area contributed by atoms with E-state index in [1.54, 1.807) is 36.4 Å². The summed E-state index contributed by atoms with van der Waals surface area (Å²) in [5.74, 6) is -0.839. The van der Waals surface area contributed by atoms with Gasteiger partial charge in [-0.2, -0.15) is 0 Å². The summed E-state index contributed by atoms with van der Waals surface area (Å²) in [6.45, 7) is 11.5. The maximum Gasteiger partial charge on any atom is 0.251 e. The van der Waals surface area contributed by atoms with Gasteiger partial charge < -0.3 is 16.0 Å². The van der Waals surface area contributed by atoms with Gasteiger partial charge in [0.2, 0.25) is 11.8 Å². The van der Waals surface area contributed by atoms with Crippen molar-refractivity contribution in [2.45, 2.75) is 53.0 Å². The first-order chi connectivity index (χ1) is 14.0. The highest BCUT2D eigenvalue weighted by Gasteiger charge is 2.25. The van der Waals surface area contributed by atoms with Gasteiger partial charge >= 0.3 is 0 Å². The molecule has 2 aromatic carbocycles. The molecule has 1 atom stereocenters. The summed E-state index contributed by atoms with van der Waals surface area (Å²) >= 11 is 0. The first kappa shape index (κ1) is 23.1. The van der Waals surface area contributed by atoms with Crippen LogP contribution >= 0.6 is 0 Å². The summed E-state index contributed by atoms with van der Waals surface area (Å²) in [7, 11) is 0. The average molecular weight is 410 g/mol. The van der Waals surface area contributed by atoms with Crippen molar-refractivity contribution >= 4 is 29.1 Å². The minimum absolute atomic E-state index is 0.00481. The van der Waals surface area contributed by atoms with E-state index < -0.39 is 6.04 Å². The van der Waals surface area contributed by atoms with Crippen LogP contribution in [0.1, 0.15) is 57.5 Å². The number of benzene rings is 2.